The maximum absolute atomic E-state index is 12.3. The highest BCUT2D eigenvalue weighted by Gasteiger charge is 2.43. The van der Waals surface area contributed by atoms with Gasteiger partial charge in [0.05, 0.1) is 23.9 Å². The van der Waals surface area contributed by atoms with Gasteiger partial charge in [0.15, 0.2) is 0 Å². The van der Waals surface area contributed by atoms with E-state index in [1.165, 1.54) is 7.11 Å². The normalized spacial score (nSPS) is 14.0. The standard InChI is InChI=1S/C20H24O3S/c1-20(2,19(21)23-4)18(22-3)17(15-11-7-5-8-12-15)24-16-13-9-6-10-14-16/h5-14,17-18H,1-4H3/t17-,18-/m1/s1. The van der Waals surface area contributed by atoms with Crippen molar-refractivity contribution in [3.05, 3.63) is 66.2 Å². The molecule has 0 N–H and O–H groups in total. The Bertz CT molecular complexity index is 640. The van der Waals surface area contributed by atoms with E-state index in [4.69, 9.17) is 9.47 Å². The van der Waals surface area contributed by atoms with Gasteiger partial charge in [-0.1, -0.05) is 48.5 Å². The lowest BCUT2D eigenvalue weighted by Crippen LogP contribution is -2.42. The van der Waals surface area contributed by atoms with Crippen molar-refractivity contribution in [2.75, 3.05) is 14.2 Å². The Morgan fingerprint density at radius 1 is 0.958 bits per heavy atom. The molecule has 2 aromatic carbocycles. The highest BCUT2D eigenvalue weighted by Crippen LogP contribution is 2.45. The Kier molecular flexibility index (Phi) is 6.46. The van der Waals surface area contributed by atoms with Crippen LogP contribution in [0.5, 0.6) is 0 Å². The van der Waals surface area contributed by atoms with E-state index in [2.05, 4.69) is 24.3 Å². The first-order chi connectivity index (χ1) is 11.5. The van der Waals surface area contributed by atoms with Crippen LogP contribution in [0.3, 0.4) is 0 Å². The number of methoxy groups -OCH3 is 2. The molecule has 0 amide bonds. The average Bonchev–Trinajstić information content (AvgIpc) is 2.62. The molecule has 0 fully saturated rings. The zero-order valence-corrected chi connectivity index (χ0v) is 15.4. The van der Waals surface area contributed by atoms with E-state index in [-0.39, 0.29) is 17.3 Å². The minimum absolute atomic E-state index is 0.0345. The summed E-state index contributed by atoms with van der Waals surface area (Å²) < 4.78 is 10.8. The lowest BCUT2D eigenvalue weighted by molar-refractivity contribution is -0.158. The molecule has 2 aromatic rings. The second kappa shape index (κ2) is 8.36. The molecule has 0 aliphatic rings. The Morgan fingerprint density at radius 2 is 1.50 bits per heavy atom. The van der Waals surface area contributed by atoms with Gasteiger partial charge in [-0.3, -0.25) is 4.79 Å². The van der Waals surface area contributed by atoms with Crippen molar-refractivity contribution in [3.8, 4) is 0 Å². The van der Waals surface area contributed by atoms with Gasteiger partial charge in [0, 0.05) is 12.0 Å². The Morgan fingerprint density at radius 3 is 2.00 bits per heavy atom. The second-order valence-electron chi connectivity index (χ2n) is 6.13. The van der Waals surface area contributed by atoms with Gasteiger partial charge >= 0.3 is 5.97 Å². The number of hydrogen-bond donors (Lipinski definition) is 0. The molecule has 0 spiro atoms. The largest absolute Gasteiger partial charge is 0.469 e. The average molecular weight is 344 g/mol. The van der Waals surface area contributed by atoms with Crippen molar-refractivity contribution in [1.82, 2.24) is 0 Å². The first kappa shape index (κ1) is 18.6. The zero-order chi connectivity index (χ0) is 17.6. The predicted octanol–water partition coefficient (Wildman–Crippen LogP) is 4.73. The first-order valence-electron chi connectivity index (χ1n) is 7.88. The molecule has 128 valence electrons. The van der Waals surface area contributed by atoms with Crippen molar-refractivity contribution < 1.29 is 14.3 Å². The van der Waals surface area contributed by atoms with Crippen molar-refractivity contribution >= 4 is 17.7 Å². The Labute approximate surface area is 148 Å². The van der Waals surface area contributed by atoms with E-state index in [9.17, 15) is 4.79 Å². The summed E-state index contributed by atoms with van der Waals surface area (Å²) in [5.41, 5.74) is 0.349. The van der Waals surface area contributed by atoms with Gasteiger partial charge in [-0.2, -0.15) is 0 Å². The van der Waals surface area contributed by atoms with Gasteiger partial charge in [0.1, 0.15) is 0 Å². The number of esters is 1. The van der Waals surface area contributed by atoms with Crippen molar-refractivity contribution in [1.29, 1.82) is 0 Å². The first-order valence-corrected chi connectivity index (χ1v) is 8.76. The van der Waals surface area contributed by atoms with Crippen LogP contribution in [0.1, 0.15) is 24.7 Å². The number of carbonyl (C=O) groups excluding carboxylic acids is 1. The lowest BCUT2D eigenvalue weighted by atomic mass is 9.82. The molecule has 0 saturated heterocycles. The molecule has 0 heterocycles. The summed E-state index contributed by atoms with van der Waals surface area (Å²) in [5, 5.41) is -0.0345. The summed E-state index contributed by atoms with van der Waals surface area (Å²) in [6.07, 6.45) is -0.336. The van der Waals surface area contributed by atoms with Crippen molar-refractivity contribution in [2.24, 2.45) is 5.41 Å². The summed E-state index contributed by atoms with van der Waals surface area (Å²) in [7, 11) is 3.06. The SMILES string of the molecule is COC(=O)C(C)(C)[C@H](OC)[C@H](Sc1ccccc1)c1ccccc1. The Balaban J connectivity index is 2.42. The quantitative estimate of drug-likeness (QED) is 0.537. The zero-order valence-electron chi connectivity index (χ0n) is 14.6. The van der Waals surface area contributed by atoms with E-state index < -0.39 is 5.41 Å². The van der Waals surface area contributed by atoms with Crippen LogP contribution in [0.2, 0.25) is 0 Å². The van der Waals surface area contributed by atoms with E-state index >= 15 is 0 Å². The number of hydrogen-bond acceptors (Lipinski definition) is 4. The topological polar surface area (TPSA) is 35.5 Å². The van der Waals surface area contributed by atoms with Crippen LogP contribution in [0.15, 0.2) is 65.6 Å². The van der Waals surface area contributed by atoms with Gasteiger partial charge in [0.2, 0.25) is 0 Å². The maximum Gasteiger partial charge on any atom is 0.313 e. The van der Waals surface area contributed by atoms with E-state index in [1.54, 1.807) is 18.9 Å². The highest BCUT2D eigenvalue weighted by molar-refractivity contribution is 7.99. The molecule has 0 saturated carbocycles. The van der Waals surface area contributed by atoms with Crippen molar-refractivity contribution in [3.63, 3.8) is 0 Å². The predicted molar refractivity (Wildman–Crippen MR) is 98.1 cm³/mol. The number of rotatable bonds is 7. The van der Waals surface area contributed by atoms with Crippen LogP contribution >= 0.6 is 11.8 Å². The van der Waals surface area contributed by atoms with Crippen LogP contribution in [0.4, 0.5) is 0 Å². The van der Waals surface area contributed by atoms with Crippen LogP contribution in [-0.2, 0) is 14.3 Å². The molecule has 0 aromatic heterocycles. The summed E-state index contributed by atoms with van der Waals surface area (Å²) in [6.45, 7) is 3.74. The lowest BCUT2D eigenvalue weighted by Gasteiger charge is -2.36. The second-order valence-corrected chi connectivity index (χ2v) is 7.35. The third kappa shape index (κ3) is 4.19. The fourth-order valence-electron chi connectivity index (χ4n) is 2.77. The molecule has 2 rings (SSSR count). The van der Waals surface area contributed by atoms with Crippen LogP contribution < -0.4 is 0 Å². The molecule has 0 aliphatic carbocycles. The van der Waals surface area contributed by atoms with Crippen molar-refractivity contribution in [2.45, 2.75) is 30.1 Å². The van der Waals surface area contributed by atoms with Gasteiger partial charge in [-0.25, -0.2) is 0 Å². The van der Waals surface area contributed by atoms with Gasteiger partial charge in [-0.05, 0) is 31.5 Å². The van der Waals surface area contributed by atoms with Crippen LogP contribution in [0.25, 0.3) is 0 Å². The summed E-state index contributed by atoms with van der Waals surface area (Å²) in [4.78, 5) is 13.4. The molecule has 4 heteroatoms. The molecule has 0 unspecified atom stereocenters. The highest BCUT2D eigenvalue weighted by atomic mass is 32.2. The number of benzene rings is 2. The van der Waals surface area contributed by atoms with Crippen LogP contribution in [-0.4, -0.2) is 26.3 Å². The maximum atomic E-state index is 12.3. The third-order valence-electron chi connectivity index (χ3n) is 4.09. The molecule has 2 atom stereocenters. The molecular weight excluding hydrogens is 320 g/mol. The van der Waals surface area contributed by atoms with E-state index in [0.717, 1.165) is 10.5 Å². The molecule has 0 bridgehead atoms. The number of carbonyl (C=O) groups is 1. The monoisotopic (exact) mass is 344 g/mol. The van der Waals surface area contributed by atoms with Crippen LogP contribution in [0, 0.1) is 5.41 Å². The summed E-state index contributed by atoms with van der Waals surface area (Å²) in [6, 6.07) is 20.3. The minimum atomic E-state index is -0.772. The van der Waals surface area contributed by atoms with E-state index in [0.29, 0.717) is 0 Å². The number of thioether (sulfide) groups is 1. The van der Waals surface area contributed by atoms with E-state index in [1.807, 2.05) is 50.2 Å². The minimum Gasteiger partial charge on any atom is -0.469 e. The summed E-state index contributed by atoms with van der Waals surface area (Å²) in [5.74, 6) is -0.274. The molecular formula is C20H24O3S. The van der Waals surface area contributed by atoms with Gasteiger partial charge < -0.3 is 9.47 Å². The number of ether oxygens (including phenoxy) is 2. The smallest absolute Gasteiger partial charge is 0.313 e. The molecule has 0 radical (unpaired) electrons. The van der Waals surface area contributed by atoms with Gasteiger partial charge in [0.25, 0.3) is 0 Å². The third-order valence-corrected chi connectivity index (χ3v) is 5.40. The Hall–Kier alpha value is -1.78. The molecule has 0 aliphatic heterocycles. The molecule has 24 heavy (non-hydrogen) atoms. The van der Waals surface area contributed by atoms with Gasteiger partial charge in [-0.15, -0.1) is 11.8 Å². The summed E-state index contributed by atoms with van der Waals surface area (Å²) >= 11 is 1.70. The fraction of sp³-hybridized carbons (Fsp3) is 0.350. The molecule has 3 nitrogen and oxygen atoms in total. The fourth-order valence-corrected chi connectivity index (χ4v) is 4.24.